The highest BCUT2D eigenvalue weighted by Crippen LogP contribution is 2.10. The van der Waals surface area contributed by atoms with Gasteiger partial charge in [0.2, 0.25) is 0 Å². The molecule has 2 aromatic rings. The molecule has 1 amide bonds. The van der Waals surface area contributed by atoms with Gasteiger partial charge in [-0.3, -0.25) is 4.79 Å². The number of furan rings is 1. The average molecular weight is 278 g/mol. The fourth-order valence-electron chi connectivity index (χ4n) is 1.75. The molecule has 0 unspecified atom stereocenters. The summed E-state index contributed by atoms with van der Waals surface area (Å²) in [7, 11) is 0. The van der Waals surface area contributed by atoms with E-state index >= 15 is 0 Å². The van der Waals surface area contributed by atoms with Crippen LogP contribution in [0.4, 0.5) is 0 Å². The van der Waals surface area contributed by atoms with Gasteiger partial charge < -0.3 is 9.73 Å². The van der Waals surface area contributed by atoms with E-state index in [4.69, 9.17) is 16.0 Å². The monoisotopic (exact) mass is 277 g/mol. The molecule has 1 aromatic carbocycles. The minimum atomic E-state index is -0.173. The fraction of sp³-hybridized carbons (Fsp3) is 0.267. The molecular formula is C15H16ClNO2. The number of halogens is 1. The number of aryl methyl sites for hydroxylation is 1. The molecule has 1 aromatic heterocycles. The third-order valence-electron chi connectivity index (χ3n) is 2.85. The van der Waals surface area contributed by atoms with Crippen LogP contribution in [0, 0.1) is 0 Å². The predicted octanol–water partition coefficient (Wildman–Crippen LogP) is 3.47. The summed E-state index contributed by atoms with van der Waals surface area (Å²) in [6.07, 6.45) is 1.56. The lowest BCUT2D eigenvalue weighted by molar-refractivity contribution is 0.0925. The van der Waals surface area contributed by atoms with Gasteiger partial charge in [0.1, 0.15) is 5.76 Å². The second-order valence-corrected chi connectivity index (χ2v) is 4.69. The van der Waals surface area contributed by atoms with Crippen molar-refractivity contribution in [2.45, 2.75) is 19.8 Å². The molecule has 4 heteroatoms. The molecule has 0 aliphatic heterocycles. The standard InChI is InChI=1S/C15H16ClNO2/c1-2-13-7-8-14(19-13)15(18)17-10-9-11-3-5-12(16)6-4-11/h3-8H,2,9-10H2,1H3,(H,17,18). The van der Waals surface area contributed by atoms with Gasteiger partial charge in [0, 0.05) is 18.0 Å². The van der Waals surface area contributed by atoms with Crippen molar-refractivity contribution in [3.63, 3.8) is 0 Å². The predicted molar refractivity (Wildman–Crippen MR) is 75.6 cm³/mol. The van der Waals surface area contributed by atoms with Crippen LogP contribution in [0.1, 0.15) is 28.8 Å². The molecule has 0 atom stereocenters. The highest BCUT2D eigenvalue weighted by molar-refractivity contribution is 6.30. The van der Waals surface area contributed by atoms with Crippen molar-refractivity contribution in [2.75, 3.05) is 6.54 Å². The molecule has 2 rings (SSSR count). The van der Waals surface area contributed by atoms with E-state index in [1.165, 1.54) is 0 Å². The largest absolute Gasteiger partial charge is 0.456 e. The van der Waals surface area contributed by atoms with E-state index in [1.54, 1.807) is 6.07 Å². The van der Waals surface area contributed by atoms with Gasteiger partial charge in [-0.2, -0.15) is 0 Å². The van der Waals surface area contributed by atoms with Crippen LogP contribution < -0.4 is 5.32 Å². The molecule has 0 fully saturated rings. The molecule has 0 aliphatic carbocycles. The Hall–Kier alpha value is -1.74. The van der Waals surface area contributed by atoms with Crippen LogP contribution in [-0.4, -0.2) is 12.5 Å². The molecule has 0 saturated heterocycles. The normalized spacial score (nSPS) is 10.4. The summed E-state index contributed by atoms with van der Waals surface area (Å²) >= 11 is 5.81. The molecule has 1 N–H and O–H groups in total. The van der Waals surface area contributed by atoms with E-state index in [1.807, 2.05) is 37.3 Å². The Morgan fingerprint density at radius 2 is 1.95 bits per heavy atom. The Kier molecular flexibility index (Phi) is 4.63. The molecule has 0 radical (unpaired) electrons. The van der Waals surface area contributed by atoms with E-state index in [-0.39, 0.29) is 5.91 Å². The molecule has 3 nitrogen and oxygen atoms in total. The van der Waals surface area contributed by atoms with Gasteiger partial charge in [-0.15, -0.1) is 0 Å². The van der Waals surface area contributed by atoms with E-state index in [2.05, 4.69) is 5.32 Å². The first-order valence-electron chi connectivity index (χ1n) is 6.30. The summed E-state index contributed by atoms with van der Waals surface area (Å²) in [5.41, 5.74) is 1.14. The number of benzene rings is 1. The highest BCUT2D eigenvalue weighted by atomic mass is 35.5. The summed E-state index contributed by atoms with van der Waals surface area (Å²) in [4.78, 5) is 11.8. The highest BCUT2D eigenvalue weighted by Gasteiger charge is 2.09. The smallest absolute Gasteiger partial charge is 0.287 e. The number of rotatable bonds is 5. The van der Waals surface area contributed by atoms with E-state index < -0.39 is 0 Å². The van der Waals surface area contributed by atoms with Crippen molar-refractivity contribution in [1.29, 1.82) is 0 Å². The molecule has 19 heavy (non-hydrogen) atoms. The quantitative estimate of drug-likeness (QED) is 0.909. The molecule has 0 saturated carbocycles. The van der Waals surface area contributed by atoms with Gasteiger partial charge in [-0.25, -0.2) is 0 Å². The van der Waals surface area contributed by atoms with Crippen LogP contribution in [-0.2, 0) is 12.8 Å². The van der Waals surface area contributed by atoms with Crippen LogP contribution >= 0.6 is 11.6 Å². The molecule has 1 heterocycles. The Morgan fingerprint density at radius 3 is 2.58 bits per heavy atom. The van der Waals surface area contributed by atoms with Gasteiger partial charge in [0.25, 0.3) is 5.91 Å². The van der Waals surface area contributed by atoms with Crippen molar-refractivity contribution < 1.29 is 9.21 Å². The number of carbonyl (C=O) groups is 1. The lowest BCUT2D eigenvalue weighted by atomic mass is 10.1. The second kappa shape index (κ2) is 6.43. The summed E-state index contributed by atoms with van der Waals surface area (Å²) in [5.74, 6) is 1.02. The first-order chi connectivity index (χ1) is 9.19. The first kappa shape index (κ1) is 13.7. The van der Waals surface area contributed by atoms with Gasteiger partial charge in [0.15, 0.2) is 5.76 Å². The zero-order valence-electron chi connectivity index (χ0n) is 10.8. The molecule has 0 aliphatic rings. The molecular weight excluding hydrogens is 262 g/mol. The summed E-state index contributed by atoms with van der Waals surface area (Å²) in [6.45, 7) is 2.56. The van der Waals surface area contributed by atoms with Crippen LogP contribution in [0.15, 0.2) is 40.8 Å². The number of nitrogens with one attached hydrogen (secondary N) is 1. The van der Waals surface area contributed by atoms with Crippen molar-refractivity contribution in [3.8, 4) is 0 Å². The van der Waals surface area contributed by atoms with Gasteiger partial charge >= 0.3 is 0 Å². The Morgan fingerprint density at radius 1 is 1.21 bits per heavy atom. The van der Waals surface area contributed by atoms with Gasteiger partial charge in [-0.05, 0) is 36.2 Å². The lowest BCUT2D eigenvalue weighted by Crippen LogP contribution is -2.25. The second-order valence-electron chi connectivity index (χ2n) is 4.25. The maximum absolute atomic E-state index is 11.8. The third-order valence-corrected chi connectivity index (χ3v) is 3.10. The SMILES string of the molecule is CCc1ccc(C(=O)NCCc2ccc(Cl)cc2)o1. The topological polar surface area (TPSA) is 42.2 Å². The number of hydrogen-bond donors (Lipinski definition) is 1. The zero-order valence-corrected chi connectivity index (χ0v) is 11.5. The van der Waals surface area contributed by atoms with E-state index in [9.17, 15) is 4.79 Å². The molecule has 100 valence electrons. The fourth-order valence-corrected chi connectivity index (χ4v) is 1.87. The Labute approximate surface area is 117 Å². The Bertz CT molecular complexity index is 546. The van der Waals surface area contributed by atoms with Crippen LogP contribution in [0.5, 0.6) is 0 Å². The molecule has 0 spiro atoms. The summed E-state index contributed by atoms with van der Waals surface area (Å²) in [6, 6.07) is 11.1. The van der Waals surface area contributed by atoms with E-state index in [0.29, 0.717) is 12.3 Å². The maximum atomic E-state index is 11.8. The minimum absolute atomic E-state index is 0.173. The van der Waals surface area contributed by atoms with Crippen molar-refractivity contribution in [3.05, 3.63) is 58.5 Å². The maximum Gasteiger partial charge on any atom is 0.287 e. The number of amides is 1. The number of carbonyl (C=O) groups excluding carboxylic acids is 1. The van der Waals surface area contributed by atoms with Gasteiger partial charge in [-0.1, -0.05) is 30.7 Å². The minimum Gasteiger partial charge on any atom is -0.456 e. The van der Waals surface area contributed by atoms with Crippen LogP contribution in [0.2, 0.25) is 5.02 Å². The number of hydrogen-bond acceptors (Lipinski definition) is 2. The summed E-state index contributed by atoms with van der Waals surface area (Å²) < 4.78 is 5.38. The van der Waals surface area contributed by atoms with Crippen LogP contribution in [0.3, 0.4) is 0 Å². The van der Waals surface area contributed by atoms with E-state index in [0.717, 1.165) is 29.2 Å². The van der Waals surface area contributed by atoms with Crippen molar-refractivity contribution in [2.24, 2.45) is 0 Å². The molecule has 0 bridgehead atoms. The van der Waals surface area contributed by atoms with Crippen molar-refractivity contribution in [1.82, 2.24) is 5.32 Å². The van der Waals surface area contributed by atoms with Crippen molar-refractivity contribution >= 4 is 17.5 Å². The third kappa shape index (κ3) is 3.86. The average Bonchev–Trinajstić information content (AvgIpc) is 2.90. The lowest BCUT2D eigenvalue weighted by Gasteiger charge is -2.03. The van der Waals surface area contributed by atoms with Crippen LogP contribution in [0.25, 0.3) is 0 Å². The zero-order chi connectivity index (χ0) is 13.7. The first-order valence-corrected chi connectivity index (χ1v) is 6.68. The summed E-state index contributed by atoms with van der Waals surface area (Å²) in [5, 5.41) is 3.55. The van der Waals surface area contributed by atoms with Gasteiger partial charge in [0.05, 0.1) is 0 Å². The Balaban J connectivity index is 1.82.